The first-order valence-corrected chi connectivity index (χ1v) is 9.84. The quantitative estimate of drug-likeness (QED) is 0.735. The van der Waals surface area contributed by atoms with Crippen LogP contribution in [0.2, 0.25) is 0 Å². The van der Waals surface area contributed by atoms with Crippen molar-refractivity contribution in [1.82, 2.24) is 9.97 Å². The summed E-state index contributed by atoms with van der Waals surface area (Å²) in [6, 6.07) is 5.65. The van der Waals surface area contributed by atoms with Crippen molar-refractivity contribution in [2.45, 2.75) is 31.8 Å². The van der Waals surface area contributed by atoms with Gasteiger partial charge in [-0.3, -0.25) is 4.79 Å². The van der Waals surface area contributed by atoms with Crippen molar-refractivity contribution < 1.29 is 14.2 Å². The molecule has 2 atom stereocenters. The largest absolute Gasteiger partial charge is 0.493 e. The average Bonchev–Trinajstić information content (AvgIpc) is 3.12. The zero-order valence-electron chi connectivity index (χ0n) is 15.6. The zero-order chi connectivity index (χ0) is 19.0. The van der Waals surface area contributed by atoms with Crippen LogP contribution in [0, 0.1) is 0 Å². The van der Waals surface area contributed by atoms with E-state index in [1.54, 1.807) is 14.2 Å². The van der Waals surface area contributed by atoms with E-state index in [4.69, 9.17) is 19.2 Å². The summed E-state index contributed by atoms with van der Waals surface area (Å²) in [5.41, 5.74) is 1.66. The van der Waals surface area contributed by atoms with E-state index in [1.807, 2.05) is 23.6 Å². The van der Waals surface area contributed by atoms with Crippen LogP contribution in [-0.2, 0) is 4.74 Å². The Bertz CT molecular complexity index is 1030. The van der Waals surface area contributed by atoms with Gasteiger partial charge in [-0.2, -0.15) is 0 Å². The van der Waals surface area contributed by atoms with Crippen LogP contribution in [0.15, 0.2) is 28.4 Å². The van der Waals surface area contributed by atoms with Gasteiger partial charge in [0.25, 0.3) is 5.56 Å². The number of H-pyrrole nitrogens is 1. The second kappa shape index (κ2) is 7.32. The molecule has 0 amide bonds. The normalized spacial score (nSPS) is 20.0. The van der Waals surface area contributed by atoms with Crippen LogP contribution in [0.4, 0.5) is 0 Å². The summed E-state index contributed by atoms with van der Waals surface area (Å²) in [6.45, 7) is 2.76. The molecule has 1 fully saturated rings. The van der Waals surface area contributed by atoms with Gasteiger partial charge in [0.15, 0.2) is 11.5 Å². The summed E-state index contributed by atoms with van der Waals surface area (Å²) in [5.74, 6) is 2.29. The van der Waals surface area contributed by atoms with Gasteiger partial charge < -0.3 is 19.2 Å². The van der Waals surface area contributed by atoms with E-state index in [-0.39, 0.29) is 17.6 Å². The lowest BCUT2D eigenvalue weighted by atomic mass is 9.95. The second-order valence-corrected chi connectivity index (χ2v) is 7.61. The maximum atomic E-state index is 12.9. The lowest BCUT2D eigenvalue weighted by Crippen LogP contribution is -2.24. The van der Waals surface area contributed by atoms with Crippen molar-refractivity contribution in [3.63, 3.8) is 0 Å². The number of aromatic amines is 1. The Kier molecular flexibility index (Phi) is 4.88. The van der Waals surface area contributed by atoms with Crippen LogP contribution in [0.5, 0.6) is 11.5 Å². The van der Waals surface area contributed by atoms with Crippen LogP contribution in [0.3, 0.4) is 0 Å². The highest BCUT2D eigenvalue weighted by atomic mass is 32.1. The lowest BCUT2D eigenvalue weighted by molar-refractivity contribution is 0.0173. The number of rotatable bonds is 4. The topological polar surface area (TPSA) is 73.4 Å². The maximum Gasteiger partial charge on any atom is 0.260 e. The molecule has 3 aromatic rings. The lowest BCUT2D eigenvalue weighted by Gasteiger charge is -2.26. The Balaban J connectivity index is 1.77. The van der Waals surface area contributed by atoms with Gasteiger partial charge in [-0.15, -0.1) is 11.3 Å². The number of nitrogens with one attached hydrogen (secondary N) is 1. The molecule has 7 heteroatoms. The first kappa shape index (κ1) is 18.0. The molecule has 2 unspecified atom stereocenters. The third-order valence-corrected chi connectivity index (χ3v) is 5.90. The molecule has 1 aliphatic rings. The number of hydrogen-bond acceptors (Lipinski definition) is 6. The van der Waals surface area contributed by atoms with E-state index < -0.39 is 0 Å². The molecule has 0 radical (unpaired) electrons. The highest BCUT2D eigenvalue weighted by Gasteiger charge is 2.24. The summed E-state index contributed by atoms with van der Waals surface area (Å²) in [4.78, 5) is 21.4. The van der Waals surface area contributed by atoms with Crippen LogP contribution in [0.25, 0.3) is 21.3 Å². The Morgan fingerprint density at radius 3 is 2.81 bits per heavy atom. The van der Waals surface area contributed by atoms with Crippen LogP contribution >= 0.6 is 11.3 Å². The molecule has 1 N–H and O–H groups in total. The third-order valence-electron chi connectivity index (χ3n) is 5.03. The minimum Gasteiger partial charge on any atom is -0.493 e. The van der Waals surface area contributed by atoms with Crippen LogP contribution < -0.4 is 15.0 Å². The fourth-order valence-electron chi connectivity index (χ4n) is 3.62. The summed E-state index contributed by atoms with van der Waals surface area (Å²) in [6.07, 6.45) is 1.95. The molecule has 2 aromatic heterocycles. The molecule has 0 bridgehead atoms. The van der Waals surface area contributed by atoms with Crippen molar-refractivity contribution in [1.29, 1.82) is 0 Å². The summed E-state index contributed by atoms with van der Waals surface area (Å²) < 4.78 is 16.3. The van der Waals surface area contributed by atoms with Crippen molar-refractivity contribution in [3.8, 4) is 22.6 Å². The predicted octanol–water partition coefficient (Wildman–Crippen LogP) is 3.95. The summed E-state index contributed by atoms with van der Waals surface area (Å²) >= 11 is 1.49. The summed E-state index contributed by atoms with van der Waals surface area (Å²) in [5, 5.41) is 2.60. The molecule has 1 saturated heterocycles. The van der Waals surface area contributed by atoms with Gasteiger partial charge in [0.1, 0.15) is 10.7 Å². The van der Waals surface area contributed by atoms with Gasteiger partial charge in [0, 0.05) is 23.5 Å². The standard InChI is InChI=1S/C20H22N2O4S/c1-11-8-13(6-7-26-11)18-21-19(23)17-14(10-27-20(17)22-18)12-4-5-15(24-2)16(9-12)25-3/h4-5,9-11,13H,6-8H2,1-3H3,(H,21,22,23). The average molecular weight is 386 g/mol. The molecule has 1 aliphatic heterocycles. The van der Waals surface area contributed by atoms with E-state index in [1.165, 1.54) is 11.3 Å². The summed E-state index contributed by atoms with van der Waals surface area (Å²) in [7, 11) is 3.20. The molecule has 142 valence electrons. The number of nitrogens with zero attached hydrogens (tertiary/aromatic N) is 1. The fourth-order valence-corrected chi connectivity index (χ4v) is 4.58. The molecule has 0 saturated carbocycles. The van der Waals surface area contributed by atoms with Gasteiger partial charge in [0.2, 0.25) is 0 Å². The van der Waals surface area contributed by atoms with Gasteiger partial charge in [-0.05, 0) is 37.5 Å². The van der Waals surface area contributed by atoms with Gasteiger partial charge in [0.05, 0.1) is 25.7 Å². The number of methoxy groups -OCH3 is 2. The molecule has 27 heavy (non-hydrogen) atoms. The maximum absolute atomic E-state index is 12.9. The molecule has 6 nitrogen and oxygen atoms in total. The van der Waals surface area contributed by atoms with Crippen molar-refractivity contribution >= 4 is 21.6 Å². The number of benzene rings is 1. The minimum absolute atomic E-state index is 0.0971. The fraction of sp³-hybridized carbons (Fsp3) is 0.400. The highest BCUT2D eigenvalue weighted by Crippen LogP contribution is 2.37. The van der Waals surface area contributed by atoms with Crippen molar-refractivity contribution in [3.05, 3.63) is 39.8 Å². The van der Waals surface area contributed by atoms with E-state index in [0.717, 1.165) is 34.6 Å². The van der Waals surface area contributed by atoms with Crippen LogP contribution in [-0.4, -0.2) is 36.9 Å². The Labute approximate surface area is 161 Å². The Morgan fingerprint density at radius 1 is 1.26 bits per heavy atom. The molecule has 0 spiro atoms. The smallest absolute Gasteiger partial charge is 0.260 e. The van der Waals surface area contributed by atoms with Crippen molar-refractivity contribution in [2.75, 3.05) is 20.8 Å². The first-order valence-electron chi connectivity index (χ1n) is 8.96. The zero-order valence-corrected chi connectivity index (χ0v) is 16.4. The molecule has 0 aliphatic carbocycles. The van der Waals surface area contributed by atoms with Gasteiger partial charge >= 0.3 is 0 Å². The molecular formula is C20H22N2O4S. The monoisotopic (exact) mass is 386 g/mol. The van der Waals surface area contributed by atoms with Gasteiger partial charge in [-0.1, -0.05) is 6.07 Å². The number of fused-ring (bicyclic) bond motifs is 1. The van der Waals surface area contributed by atoms with Crippen LogP contribution in [0.1, 0.15) is 31.5 Å². The third kappa shape index (κ3) is 3.33. The van der Waals surface area contributed by atoms with E-state index >= 15 is 0 Å². The Morgan fingerprint density at radius 2 is 2.07 bits per heavy atom. The number of thiophene rings is 1. The number of ether oxygens (including phenoxy) is 3. The molecular weight excluding hydrogens is 364 g/mol. The van der Waals surface area contributed by atoms with E-state index in [0.29, 0.717) is 23.5 Å². The Hall–Kier alpha value is -2.38. The SMILES string of the molecule is COc1ccc(-c2csc3nc(C4CCOC(C)C4)[nH]c(=O)c23)cc1OC. The number of aromatic nitrogens is 2. The molecule has 1 aromatic carbocycles. The second-order valence-electron chi connectivity index (χ2n) is 6.75. The van der Waals surface area contributed by atoms with Gasteiger partial charge in [-0.25, -0.2) is 4.98 Å². The minimum atomic E-state index is -0.0971. The van der Waals surface area contributed by atoms with Crippen molar-refractivity contribution in [2.24, 2.45) is 0 Å². The molecule has 3 heterocycles. The first-order chi connectivity index (χ1) is 13.1. The predicted molar refractivity (Wildman–Crippen MR) is 106 cm³/mol. The van der Waals surface area contributed by atoms with E-state index in [2.05, 4.69) is 11.9 Å². The van der Waals surface area contributed by atoms with E-state index in [9.17, 15) is 4.79 Å². The molecule has 4 rings (SSSR count). The highest BCUT2D eigenvalue weighted by molar-refractivity contribution is 7.17. The number of hydrogen-bond donors (Lipinski definition) is 1.